The molecule has 1 rings (SSSR count). The lowest BCUT2D eigenvalue weighted by atomic mass is 10.0. The van der Waals surface area contributed by atoms with Crippen LogP contribution in [-0.4, -0.2) is 30.1 Å². The van der Waals surface area contributed by atoms with Gasteiger partial charge in [0.05, 0.1) is 6.10 Å². The van der Waals surface area contributed by atoms with Gasteiger partial charge in [0.2, 0.25) is 0 Å². The third-order valence-electron chi connectivity index (χ3n) is 3.53. The molecule has 0 aliphatic rings. The van der Waals surface area contributed by atoms with E-state index in [0.717, 1.165) is 31.0 Å². The molecule has 102 valence electrons. The first-order valence-electron chi connectivity index (χ1n) is 6.96. The fourth-order valence-electron chi connectivity index (χ4n) is 2.14. The molecule has 1 aromatic carbocycles. The summed E-state index contributed by atoms with van der Waals surface area (Å²) in [5.41, 5.74) is 2.24. The zero-order chi connectivity index (χ0) is 13.5. The monoisotopic (exact) mass is 249 g/mol. The average molecular weight is 249 g/mol. The highest BCUT2D eigenvalue weighted by Gasteiger charge is 2.10. The Kier molecular flexibility index (Phi) is 6.37. The first-order valence-corrected chi connectivity index (χ1v) is 6.96. The van der Waals surface area contributed by atoms with Crippen LogP contribution in [0, 0.1) is 12.8 Å². The Hall–Kier alpha value is -0.860. The second-order valence-electron chi connectivity index (χ2n) is 5.49. The van der Waals surface area contributed by atoms with Crippen molar-refractivity contribution in [3.05, 3.63) is 35.4 Å². The SMILES string of the molecule is CCC(C)CN(C)CCC(O)c1cccc(C)c1. The molecule has 2 unspecified atom stereocenters. The topological polar surface area (TPSA) is 23.5 Å². The van der Waals surface area contributed by atoms with Crippen molar-refractivity contribution in [1.29, 1.82) is 0 Å². The highest BCUT2D eigenvalue weighted by Crippen LogP contribution is 2.18. The van der Waals surface area contributed by atoms with Crippen LogP contribution in [0.3, 0.4) is 0 Å². The van der Waals surface area contributed by atoms with Crippen LogP contribution in [0.25, 0.3) is 0 Å². The molecule has 0 radical (unpaired) electrons. The van der Waals surface area contributed by atoms with Crippen molar-refractivity contribution in [3.8, 4) is 0 Å². The zero-order valence-electron chi connectivity index (χ0n) is 12.2. The predicted octanol–water partition coefficient (Wildman–Crippen LogP) is 3.40. The van der Waals surface area contributed by atoms with Gasteiger partial charge >= 0.3 is 0 Å². The van der Waals surface area contributed by atoms with Gasteiger partial charge in [-0.2, -0.15) is 0 Å². The lowest BCUT2D eigenvalue weighted by molar-refractivity contribution is 0.145. The van der Waals surface area contributed by atoms with Crippen molar-refractivity contribution >= 4 is 0 Å². The Balaban J connectivity index is 2.39. The molecule has 0 saturated heterocycles. The first kappa shape index (κ1) is 15.2. The van der Waals surface area contributed by atoms with Crippen molar-refractivity contribution < 1.29 is 5.11 Å². The van der Waals surface area contributed by atoms with Crippen LogP contribution in [0.4, 0.5) is 0 Å². The number of rotatable bonds is 7. The van der Waals surface area contributed by atoms with Crippen LogP contribution < -0.4 is 0 Å². The van der Waals surface area contributed by atoms with Crippen LogP contribution in [0.1, 0.15) is 43.9 Å². The minimum absolute atomic E-state index is 0.343. The van der Waals surface area contributed by atoms with Gasteiger partial charge in [-0.3, -0.25) is 0 Å². The van der Waals surface area contributed by atoms with Gasteiger partial charge in [-0.1, -0.05) is 50.1 Å². The molecule has 1 aromatic rings. The van der Waals surface area contributed by atoms with E-state index < -0.39 is 0 Å². The van der Waals surface area contributed by atoms with Crippen molar-refractivity contribution in [3.63, 3.8) is 0 Å². The van der Waals surface area contributed by atoms with Crippen LogP contribution in [0.5, 0.6) is 0 Å². The number of hydrogen-bond acceptors (Lipinski definition) is 2. The minimum atomic E-state index is -0.343. The second-order valence-corrected chi connectivity index (χ2v) is 5.49. The molecule has 0 aliphatic heterocycles. The van der Waals surface area contributed by atoms with E-state index in [2.05, 4.69) is 44.9 Å². The molecular formula is C16H27NO. The summed E-state index contributed by atoms with van der Waals surface area (Å²) in [6, 6.07) is 8.15. The predicted molar refractivity (Wildman–Crippen MR) is 77.7 cm³/mol. The molecule has 1 N–H and O–H groups in total. The van der Waals surface area contributed by atoms with Crippen molar-refractivity contribution in [2.75, 3.05) is 20.1 Å². The van der Waals surface area contributed by atoms with Gasteiger partial charge in [0.1, 0.15) is 0 Å². The van der Waals surface area contributed by atoms with E-state index in [-0.39, 0.29) is 6.10 Å². The van der Waals surface area contributed by atoms with Crippen LogP contribution in [0.2, 0.25) is 0 Å². The van der Waals surface area contributed by atoms with Gasteiger partial charge < -0.3 is 10.0 Å². The van der Waals surface area contributed by atoms with E-state index >= 15 is 0 Å². The van der Waals surface area contributed by atoms with Crippen molar-refractivity contribution in [2.24, 2.45) is 5.92 Å². The van der Waals surface area contributed by atoms with Crippen LogP contribution in [-0.2, 0) is 0 Å². The zero-order valence-corrected chi connectivity index (χ0v) is 12.2. The number of hydrogen-bond donors (Lipinski definition) is 1. The Morgan fingerprint density at radius 3 is 2.67 bits per heavy atom. The van der Waals surface area contributed by atoms with Gasteiger partial charge in [0.25, 0.3) is 0 Å². The molecule has 2 heteroatoms. The molecule has 0 amide bonds. The molecule has 18 heavy (non-hydrogen) atoms. The Bertz CT molecular complexity index is 351. The molecule has 0 spiro atoms. The lowest BCUT2D eigenvalue weighted by Gasteiger charge is -2.22. The number of aryl methyl sites for hydroxylation is 1. The minimum Gasteiger partial charge on any atom is -0.388 e. The molecule has 0 saturated carbocycles. The Morgan fingerprint density at radius 2 is 2.06 bits per heavy atom. The molecule has 2 nitrogen and oxygen atoms in total. The number of benzene rings is 1. The number of aliphatic hydroxyl groups excluding tert-OH is 1. The third kappa shape index (κ3) is 5.19. The van der Waals surface area contributed by atoms with E-state index in [9.17, 15) is 5.11 Å². The number of aliphatic hydroxyl groups is 1. The molecule has 0 aliphatic carbocycles. The van der Waals surface area contributed by atoms with E-state index in [4.69, 9.17) is 0 Å². The molecule has 0 fully saturated rings. The number of nitrogens with zero attached hydrogens (tertiary/aromatic N) is 1. The Morgan fingerprint density at radius 1 is 1.33 bits per heavy atom. The first-order chi connectivity index (χ1) is 8.52. The van der Waals surface area contributed by atoms with Crippen LogP contribution in [0.15, 0.2) is 24.3 Å². The highest BCUT2D eigenvalue weighted by atomic mass is 16.3. The summed E-state index contributed by atoms with van der Waals surface area (Å²) in [7, 11) is 2.13. The molecule has 0 aromatic heterocycles. The summed E-state index contributed by atoms with van der Waals surface area (Å²) in [4.78, 5) is 2.31. The Labute approximate surface area is 112 Å². The van der Waals surface area contributed by atoms with Crippen LogP contribution >= 0.6 is 0 Å². The highest BCUT2D eigenvalue weighted by molar-refractivity contribution is 5.23. The van der Waals surface area contributed by atoms with Gasteiger partial charge in [-0.25, -0.2) is 0 Å². The quantitative estimate of drug-likeness (QED) is 0.800. The van der Waals surface area contributed by atoms with E-state index in [0.29, 0.717) is 0 Å². The fraction of sp³-hybridized carbons (Fsp3) is 0.625. The smallest absolute Gasteiger partial charge is 0.0802 e. The summed E-state index contributed by atoms with van der Waals surface area (Å²) in [6.45, 7) is 8.61. The van der Waals surface area contributed by atoms with Gasteiger partial charge in [0, 0.05) is 13.1 Å². The maximum atomic E-state index is 10.2. The molecule has 0 bridgehead atoms. The maximum Gasteiger partial charge on any atom is 0.0802 e. The van der Waals surface area contributed by atoms with E-state index in [1.54, 1.807) is 0 Å². The second kappa shape index (κ2) is 7.55. The van der Waals surface area contributed by atoms with E-state index in [1.165, 1.54) is 12.0 Å². The summed E-state index contributed by atoms with van der Waals surface area (Å²) in [5.74, 6) is 0.728. The van der Waals surface area contributed by atoms with Gasteiger partial charge in [-0.05, 0) is 31.9 Å². The normalized spacial score (nSPS) is 14.8. The summed E-state index contributed by atoms with van der Waals surface area (Å²) in [5, 5.41) is 10.2. The largest absolute Gasteiger partial charge is 0.388 e. The summed E-state index contributed by atoms with van der Waals surface area (Å²) in [6.07, 6.45) is 1.67. The third-order valence-corrected chi connectivity index (χ3v) is 3.53. The fourth-order valence-corrected chi connectivity index (χ4v) is 2.14. The van der Waals surface area contributed by atoms with Gasteiger partial charge in [0.15, 0.2) is 0 Å². The van der Waals surface area contributed by atoms with Crippen molar-refractivity contribution in [2.45, 2.75) is 39.7 Å². The summed E-state index contributed by atoms with van der Waals surface area (Å²) < 4.78 is 0. The maximum absolute atomic E-state index is 10.2. The molecule has 2 atom stereocenters. The standard InChI is InChI=1S/C16H27NO/c1-5-13(2)12-17(4)10-9-16(18)15-8-6-7-14(3)11-15/h6-8,11,13,16,18H,5,9-10,12H2,1-4H3. The molecule has 0 heterocycles. The van der Waals surface area contributed by atoms with E-state index in [1.807, 2.05) is 12.1 Å². The summed E-state index contributed by atoms with van der Waals surface area (Å²) >= 11 is 0. The van der Waals surface area contributed by atoms with Gasteiger partial charge in [-0.15, -0.1) is 0 Å². The molecular weight excluding hydrogens is 222 g/mol. The van der Waals surface area contributed by atoms with Crippen molar-refractivity contribution in [1.82, 2.24) is 4.90 Å². The average Bonchev–Trinajstić information content (AvgIpc) is 2.35. The lowest BCUT2D eigenvalue weighted by Crippen LogP contribution is -2.26.